The number of hydrogen-bond acceptors (Lipinski definition) is 5. The molecule has 1 saturated heterocycles. The number of H-pyrrole nitrogens is 1. The van der Waals surface area contributed by atoms with E-state index in [4.69, 9.17) is 14.6 Å². The minimum atomic E-state index is -0.574. The summed E-state index contributed by atoms with van der Waals surface area (Å²) in [4.78, 5) is 24.8. The van der Waals surface area contributed by atoms with Crippen LogP contribution in [0.15, 0.2) is 15.8 Å². The molecule has 1 aromatic rings. The maximum Gasteiger partial charge on any atom is 0.328 e. The standard InChI is InChI=1S/C10H14N2O5/c1-6-2-12(10(15)11-9(6)14)3-8-16-5-7(4-13)17-8/h2,7-8,13H,3-5H2,1H3,(H,11,14,15)/t7-,8+/m1/s1. The Balaban J connectivity index is 2.12. The summed E-state index contributed by atoms with van der Waals surface area (Å²) < 4.78 is 11.9. The van der Waals surface area contributed by atoms with Crippen LogP contribution in [0, 0.1) is 6.92 Å². The number of ether oxygens (including phenoxy) is 2. The highest BCUT2D eigenvalue weighted by molar-refractivity contribution is 5.00. The van der Waals surface area contributed by atoms with Crippen molar-refractivity contribution in [3.63, 3.8) is 0 Å². The summed E-state index contributed by atoms with van der Waals surface area (Å²) in [6, 6.07) is 0. The average Bonchev–Trinajstić information content (AvgIpc) is 2.73. The van der Waals surface area contributed by atoms with E-state index in [9.17, 15) is 9.59 Å². The van der Waals surface area contributed by atoms with E-state index >= 15 is 0 Å². The molecule has 2 atom stereocenters. The van der Waals surface area contributed by atoms with E-state index in [0.717, 1.165) is 0 Å². The molecule has 2 N–H and O–H groups in total. The normalized spacial score (nSPS) is 24.1. The van der Waals surface area contributed by atoms with Crippen LogP contribution >= 0.6 is 0 Å². The van der Waals surface area contributed by atoms with E-state index in [2.05, 4.69) is 4.98 Å². The summed E-state index contributed by atoms with van der Waals surface area (Å²) in [5.74, 6) is 0. The first-order valence-corrected chi connectivity index (χ1v) is 5.28. The molecule has 17 heavy (non-hydrogen) atoms. The number of aromatic nitrogens is 2. The van der Waals surface area contributed by atoms with Crippen LogP contribution in [0.1, 0.15) is 5.56 Å². The van der Waals surface area contributed by atoms with Crippen LogP contribution in [0.5, 0.6) is 0 Å². The van der Waals surface area contributed by atoms with E-state index in [0.29, 0.717) is 12.2 Å². The largest absolute Gasteiger partial charge is 0.394 e. The van der Waals surface area contributed by atoms with Gasteiger partial charge in [-0.1, -0.05) is 0 Å². The van der Waals surface area contributed by atoms with Gasteiger partial charge in [-0.2, -0.15) is 0 Å². The molecular formula is C10H14N2O5. The Bertz CT molecular complexity index is 506. The Morgan fingerprint density at radius 1 is 1.59 bits per heavy atom. The van der Waals surface area contributed by atoms with Gasteiger partial charge in [0.15, 0.2) is 6.29 Å². The van der Waals surface area contributed by atoms with Gasteiger partial charge in [-0.15, -0.1) is 0 Å². The van der Waals surface area contributed by atoms with Crippen molar-refractivity contribution in [1.29, 1.82) is 0 Å². The van der Waals surface area contributed by atoms with Crippen LogP contribution in [0.3, 0.4) is 0 Å². The van der Waals surface area contributed by atoms with Crippen LogP contribution in [0.2, 0.25) is 0 Å². The first-order valence-electron chi connectivity index (χ1n) is 5.28. The summed E-state index contributed by atoms with van der Waals surface area (Å²) in [6.45, 7) is 1.99. The number of aryl methyl sites for hydroxylation is 1. The molecule has 94 valence electrons. The van der Waals surface area contributed by atoms with Gasteiger partial charge in [0.1, 0.15) is 6.10 Å². The number of aliphatic hydroxyl groups excluding tert-OH is 1. The molecule has 1 aliphatic rings. The molecule has 2 heterocycles. The van der Waals surface area contributed by atoms with E-state index in [-0.39, 0.29) is 19.3 Å². The van der Waals surface area contributed by atoms with E-state index in [1.165, 1.54) is 10.8 Å². The Labute approximate surface area is 96.6 Å². The second-order valence-corrected chi connectivity index (χ2v) is 3.93. The van der Waals surface area contributed by atoms with E-state index < -0.39 is 17.5 Å². The molecule has 0 spiro atoms. The van der Waals surface area contributed by atoms with Crippen molar-refractivity contribution in [3.05, 3.63) is 32.6 Å². The quantitative estimate of drug-likeness (QED) is 0.678. The minimum absolute atomic E-state index is 0.115. The van der Waals surface area contributed by atoms with E-state index in [1.807, 2.05) is 0 Å². The Hall–Kier alpha value is -1.44. The van der Waals surface area contributed by atoms with Gasteiger partial charge in [-0.3, -0.25) is 14.3 Å². The van der Waals surface area contributed by atoms with Crippen molar-refractivity contribution >= 4 is 0 Å². The summed E-state index contributed by atoms with van der Waals surface area (Å²) >= 11 is 0. The van der Waals surface area contributed by atoms with Gasteiger partial charge in [0.05, 0.1) is 19.8 Å². The van der Waals surface area contributed by atoms with Crippen molar-refractivity contribution < 1.29 is 14.6 Å². The minimum Gasteiger partial charge on any atom is -0.394 e. The topological polar surface area (TPSA) is 93.6 Å². The number of hydrogen-bond donors (Lipinski definition) is 2. The first-order chi connectivity index (χ1) is 8.10. The molecule has 0 aliphatic carbocycles. The lowest BCUT2D eigenvalue weighted by Gasteiger charge is -2.12. The van der Waals surface area contributed by atoms with Crippen molar-refractivity contribution in [1.82, 2.24) is 9.55 Å². The highest BCUT2D eigenvalue weighted by Gasteiger charge is 2.25. The number of aromatic amines is 1. The van der Waals surface area contributed by atoms with Crippen LogP contribution in [0.25, 0.3) is 0 Å². The Kier molecular flexibility index (Phi) is 3.41. The fraction of sp³-hybridized carbons (Fsp3) is 0.600. The molecule has 0 aromatic carbocycles. The van der Waals surface area contributed by atoms with Crippen molar-refractivity contribution in [2.24, 2.45) is 0 Å². The summed E-state index contributed by atoms with van der Waals surface area (Å²) in [6.07, 6.45) is 0.537. The number of aliphatic hydroxyl groups is 1. The fourth-order valence-electron chi connectivity index (χ4n) is 1.61. The lowest BCUT2D eigenvalue weighted by molar-refractivity contribution is -0.0748. The van der Waals surface area contributed by atoms with Crippen molar-refractivity contribution in [2.45, 2.75) is 25.9 Å². The SMILES string of the molecule is Cc1cn(C[C@H]2OC[C@@H](CO)O2)c(=O)[nH]c1=O. The molecule has 7 nitrogen and oxygen atoms in total. The second kappa shape index (κ2) is 4.82. The third-order valence-corrected chi connectivity index (χ3v) is 2.55. The third kappa shape index (κ3) is 2.63. The van der Waals surface area contributed by atoms with E-state index in [1.54, 1.807) is 6.92 Å². The zero-order valence-electron chi connectivity index (χ0n) is 9.38. The molecule has 0 unspecified atom stereocenters. The maximum atomic E-state index is 11.5. The molecular weight excluding hydrogens is 228 g/mol. The average molecular weight is 242 g/mol. The zero-order valence-corrected chi connectivity index (χ0v) is 9.38. The van der Waals surface area contributed by atoms with Gasteiger partial charge in [0.25, 0.3) is 5.56 Å². The van der Waals surface area contributed by atoms with Gasteiger partial charge in [-0.25, -0.2) is 4.79 Å². The second-order valence-electron chi connectivity index (χ2n) is 3.93. The number of rotatable bonds is 3. The van der Waals surface area contributed by atoms with Crippen molar-refractivity contribution in [2.75, 3.05) is 13.2 Å². The van der Waals surface area contributed by atoms with Crippen LogP contribution in [0.4, 0.5) is 0 Å². The molecule has 1 fully saturated rings. The van der Waals surface area contributed by atoms with Gasteiger partial charge in [0.2, 0.25) is 0 Å². The van der Waals surface area contributed by atoms with Crippen LogP contribution in [-0.2, 0) is 16.0 Å². The van der Waals surface area contributed by atoms with Crippen LogP contribution < -0.4 is 11.2 Å². The predicted octanol–water partition coefficient (Wildman–Crippen LogP) is -1.42. The molecule has 0 bridgehead atoms. The first kappa shape index (κ1) is 12.0. The Morgan fingerprint density at radius 2 is 2.35 bits per heavy atom. The summed E-state index contributed by atoms with van der Waals surface area (Å²) in [7, 11) is 0. The molecule has 2 rings (SSSR count). The molecule has 0 saturated carbocycles. The Morgan fingerprint density at radius 3 is 3.00 bits per heavy atom. The molecule has 0 amide bonds. The molecule has 0 radical (unpaired) electrons. The zero-order chi connectivity index (χ0) is 12.4. The summed E-state index contributed by atoms with van der Waals surface area (Å²) in [5.41, 5.74) is -0.450. The van der Waals surface area contributed by atoms with Crippen LogP contribution in [-0.4, -0.2) is 40.3 Å². The predicted molar refractivity (Wildman–Crippen MR) is 57.8 cm³/mol. The van der Waals surface area contributed by atoms with Gasteiger partial charge >= 0.3 is 5.69 Å². The highest BCUT2D eigenvalue weighted by Crippen LogP contribution is 2.12. The molecule has 1 aromatic heterocycles. The number of nitrogens with one attached hydrogen (secondary N) is 1. The monoisotopic (exact) mass is 242 g/mol. The van der Waals surface area contributed by atoms with Gasteiger partial charge in [0, 0.05) is 11.8 Å². The smallest absolute Gasteiger partial charge is 0.328 e. The lowest BCUT2D eigenvalue weighted by Crippen LogP contribution is -2.34. The fourth-order valence-corrected chi connectivity index (χ4v) is 1.61. The number of nitrogens with zero attached hydrogens (tertiary/aromatic N) is 1. The summed E-state index contributed by atoms with van der Waals surface area (Å²) in [5, 5.41) is 8.86. The molecule has 7 heteroatoms. The maximum absolute atomic E-state index is 11.5. The van der Waals surface area contributed by atoms with Gasteiger partial charge < -0.3 is 14.6 Å². The lowest BCUT2D eigenvalue weighted by atomic mass is 10.4. The van der Waals surface area contributed by atoms with Crippen molar-refractivity contribution in [3.8, 4) is 0 Å². The highest BCUT2D eigenvalue weighted by atomic mass is 16.7. The van der Waals surface area contributed by atoms with Gasteiger partial charge in [-0.05, 0) is 6.92 Å². The third-order valence-electron chi connectivity index (χ3n) is 2.55. The molecule has 1 aliphatic heterocycles.